The van der Waals surface area contributed by atoms with Gasteiger partial charge in [0.25, 0.3) is 5.91 Å². The number of imidazole rings is 1. The molecule has 0 bridgehead atoms. The van der Waals surface area contributed by atoms with Gasteiger partial charge in [-0.15, -0.1) is 5.10 Å². The fourth-order valence-electron chi connectivity index (χ4n) is 4.29. The molecule has 0 aliphatic carbocycles. The first-order valence-electron chi connectivity index (χ1n) is 10.8. The minimum atomic E-state index is -0.345. The summed E-state index contributed by atoms with van der Waals surface area (Å²) in [4.78, 5) is 32.4. The van der Waals surface area contributed by atoms with Gasteiger partial charge in [0, 0.05) is 31.9 Å². The summed E-state index contributed by atoms with van der Waals surface area (Å²) in [6.45, 7) is 2.68. The van der Waals surface area contributed by atoms with Crippen LogP contribution in [0.5, 0.6) is 0 Å². The fraction of sp³-hybridized carbons (Fsp3) is 0.250. The van der Waals surface area contributed by atoms with Crippen LogP contribution in [0, 0.1) is 5.82 Å². The molecule has 1 fully saturated rings. The summed E-state index contributed by atoms with van der Waals surface area (Å²) in [7, 11) is 0. The van der Waals surface area contributed by atoms with Crippen molar-refractivity contribution >= 4 is 23.3 Å². The zero-order valence-electron chi connectivity index (χ0n) is 18.1. The number of nitrogens with one attached hydrogen (secondary N) is 1. The summed E-state index contributed by atoms with van der Waals surface area (Å²) < 4.78 is 15.3. The topological polar surface area (TPSA) is 82.8 Å². The summed E-state index contributed by atoms with van der Waals surface area (Å²) in [5.74, 6) is 0.0382. The number of benzene rings is 1. The number of amides is 2. The summed E-state index contributed by atoms with van der Waals surface area (Å²) in [5, 5.41) is 7.54. The smallest absolute Gasteiger partial charge is 0.276 e. The van der Waals surface area contributed by atoms with Crippen molar-refractivity contribution < 1.29 is 14.0 Å². The van der Waals surface area contributed by atoms with E-state index in [0.29, 0.717) is 29.4 Å². The molecule has 9 heteroatoms. The molecule has 1 atom stereocenters. The number of carbonyl (C=O) groups is 2. The number of nitrogens with zero attached hydrogens (tertiary/aromatic N) is 5. The Labute approximate surface area is 190 Å². The van der Waals surface area contributed by atoms with Gasteiger partial charge in [-0.25, -0.2) is 13.9 Å². The van der Waals surface area contributed by atoms with E-state index >= 15 is 0 Å². The number of fused-ring (bicyclic) bond motifs is 1. The fourth-order valence-corrected chi connectivity index (χ4v) is 4.29. The standard InChI is InChI=1S/C24H23FN6O2/c1-16(32)29-12-9-19(10-13-29)27-24(33)21-15-26-22-7-8-23(28-31(21)22)30-11-3-6-20(30)17-4-2-5-18(25)14-17/h2,4-5,7-10,12,14-15,20H,3,6,11,13H2,1H3,(H,27,33)/t20-/m1/s1. The SMILES string of the molecule is CC(=O)N1C=CC(NC(=O)c2cnc3ccc(N4CCC[C@@H]4c4cccc(F)c4)nn23)=CC1. The van der Waals surface area contributed by atoms with E-state index in [9.17, 15) is 14.0 Å². The van der Waals surface area contributed by atoms with Gasteiger partial charge in [-0.1, -0.05) is 12.1 Å². The van der Waals surface area contributed by atoms with Gasteiger partial charge in [-0.2, -0.15) is 0 Å². The molecule has 2 aromatic heterocycles. The Kier molecular flexibility index (Phi) is 5.37. The maximum absolute atomic E-state index is 13.8. The number of carbonyl (C=O) groups excluding carboxylic acids is 2. The third-order valence-electron chi connectivity index (χ3n) is 5.97. The Morgan fingerprint density at radius 2 is 2.09 bits per heavy atom. The summed E-state index contributed by atoms with van der Waals surface area (Å²) in [6, 6.07) is 10.4. The summed E-state index contributed by atoms with van der Waals surface area (Å²) >= 11 is 0. The van der Waals surface area contributed by atoms with E-state index in [2.05, 4.69) is 15.2 Å². The molecule has 33 heavy (non-hydrogen) atoms. The molecule has 8 nitrogen and oxygen atoms in total. The minimum Gasteiger partial charge on any atom is -0.348 e. The lowest BCUT2D eigenvalue weighted by Crippen LogP contribution is -2.30. The zero-order chi connectivity index (χ0) is 22.9. The Hall–Kier alpha value is -4.01. The van der Waals surface area contributed by atoms with Crippen molar-refractivity contribution in [1.29, 1.82) is 0 Å². The van der Waals surface area contributed by atoms with E-state index in [1.54, 1.807) is 35.4 Å². The van der Waals surface area contributed by atoms with Crippen molar-refractivity contribution in [2.75, 3.05) is 18.0 Å². The largest absolute Gasteiger partial charge is 0.348 e. The molecule has 0 radical (unpaired) electrons. The number of halogens is 1. The monoisotopic (exact) mass is 446 g/mol. The number of hydrogen-bond acceptors (Lipinski definition) is 5. The molecule has 3 aromatic rings. The van der Waals surface area contributed by atoms with E-state index in [1.165, 1.54) is 23.7 Å². The zero-order valence-corrected chi connectivity index (χ0v) is 18.1. The van der Waals surface area contributed by atoms with Crippen molar-refractivity contribution in [1.82, 2.24) is 24.8 Å². The average molecular weight is 446 g/mol. The van der Waals surface area contributed by atoms with E-state index in [-0.39, 0.29) is 23.7 Å². The lowest BCUT2D eigenvalue weighted by molar-refractivity contribution is -0.125. The second-order valence-electron chi connectivity index (χ2n) is 8.11. The van der Waals surface area contributed by atoms with Crippen LogP contribution in [0.1, 0.15) is 41.9 Å². The summed E-state index contributed by atoms with van der Waals surface area (Å²) in [6.07, 6.45) is 8.45. The van der Waals surface area contributed by atoms with E-state index in [4.69, 9.17) is 5.10 Å². The first-order chi connectivity index (χ1) is 16.0. The summed E-state index contributed by atoms with van der Waals surface area (Å²) in [5.41, 5.74) is 2.38. The third-order valence-corrected chi connectivity index (χ3v) is 5.97. The molecule has 2 aliphatic heterocycles. The highest BCUT2D eigenvalue weighted by Crippen LogP contribution is 2.35. The molecule has 0 spiro atoms. The number of hydrogen-bond donors (Lipinski definition) is 1. The number of anilines is 1. The van der Waals surface area contributed by atoms with Crippen LogP contribution in [0.4, 0.5) is 10.2 Å². The third kappa shape index (κ3) is 4.09. The van der Waals surface area contributed by atoms with Gasteiger partial charge in [0.2, 0.25) is 5.91 Å². The van der Waals surface area contributed by atoms with E-state index < -0.39 is 0 Å². The average Bonchev–Trinajstić information content (AvgIpc) is 3.46. The van der Waals surface area contributed by atoms with Crippen LogP contribution in [-0.4, -0.2) is 44.4 Å². The second kappa shape index (κ2) is 8.50. The van der Waals surface area contributed by atoms with Crippen LogP contribution in [0.25, 0.3) is 5.65 Å². The maximum Gasteiger partial charge on any atom is 0.276 e. The van der Waals surface area contributed by atoms with Gasteiger partial charge in [-0.05, 0) is 54.8 Å². The number of rotatable bonds is 4. The predicted molar refractivity (Wildman–Crippen MR) is 121 cm³/mol. The van der Waals surface area contributed by atoms with E-state index in [0.717, 1.165) is 24.9 Å². The molecule has 4 heterocycles. The molecule has 1 N–H and O–H groups in total. The maximum atomic E-state index is 13.8. The normalized spacial score (nSPS) is 18.0. The second-order valence-corrected chi connectivity index (χ2v) is 8.11. The van der Waals surface area contributed by atoms with Crippen molar-refractivity contribution in [3.8, 4) is 0 Å². The van der Waals surface area contributed by atoms with Gasteiger partial charge in [0.1, 0.15) is 11.6 Å². The molecule has 0 saturated carbocycles. The molecule has 5 rings (SSSR count). The van der Waals surface area contributed by atoms with Crippen LogP contribution in [0.15, 0.2) is 66.6 Å². The Morgan fingerprint density at radius 3 is 2.85 bits per heavy atom. The molecule has 1 saturated heterocycles. The van der Waals surface area contributed by atoms with Crippen molar-refractivity contribution in [3.63, 3.8) is 0 Å². The van der Waals surface area contributed by atoms with Crippen LogP contribution >= 0.6 is 0 Å². The van der Waals surface area contributed by atoms with Crippen LogP contribution < -0.4 is 10.2 Å². The van der Waals surface area contributed by atoms with Crippen molar-refractivity contribution in [3.05, 3.63) is 83.7 Å². The highest BCUT2D eigenvalue weighted by atomic mass is 19.1. The molecular weight excluding hydrogens is 423 g/mol. The molecule has 1 aromatic carbocycles. The van der Waals surface area contributed by atoms with Gasteiger partial charge in [0.05, 0.1) is 12.2 Å². The molecular formula is C24H23FN6O2. The van der Waals surface area contributed by atoms with Crippen LogP contribution in [0.2, 0.25) is 0 Å². The molecule has 168 valence electrons. The molecule has 2 amide bonds. The Balaban J connectivity index is 1.39. The van der Waals surface area contributed by atoms with Gasteiger partial charge < -0.3 is 15.1 Å². The first kappa shape index (κ1) is 20.9. The molecule has 0 unspecified atom stereocenters. The quantitative estimate of drug-likeness (QED) is 0.666. The lowest BCUT2D eigenvalue weighted by Gasteiger charge is -2.26. The van der Waals surface area contributed by atoms with Crippen LogP contribution in [-0.2, 0) is 4.79 Å². The van der Waals surface area contributed by atoms with Crippen molar-refractivity contribution in [2.24, 2.45) is 0 Å². The highest BCUT2D eigenvalue weighted by Gasteiger charge is 2.28. The van der Waals surface area contributed by atoms with Gasteiger partial charge >= 0.3 is 0 Å². The lowest BCUT2D eigenvalue weighted by atomic mass is 10.0. The van der Waals surface area contributed by atoms with E-state index in [1.807, 2.05) is 18.2 Å². The minimum absolute atomic E-state index is 0.0215. The van der Waals surface area contributed by atoms with Crippen LogP contribution in [0.3, 0.4) is 0 Å². The first-order valence-corrected chi connectivity index (χ1v) is 10.8. The Bertz CT molecular complexity index is 1300. The van der Waals surface area contributed by atoms with Gasteiger partial charge in [-0.3, -0.25) is 9.59 Å². The van der Waals surface area contributed by atoms with Gasteiger partial charge in [0.15, 0.2) is 11.3 Å². The number of allylic oxidation sites excluding steroid dienone is 1. The number of aromatic nitrogens is 3. The molecule has 2 aliphatic rings. The predicted octanol–water partition coefficient (Wildman–Crippen LogP) is 3.20. The Morgan fingerprint density at radius 1 is 1.21 bits per heavy atom. The van der Waals surface area contributed by atoms with Crippen molar-refractivity contribution in [2.45, 2.75) is 25.8 Å². The highest BCUT2D eigenvalue weighted by molar-refractivity contribution is 5.94.